The number of rotatable bonds is 6. The Kier molecular flexibility index (Phi) is 7.40. The number of nitrogens with zero attached hydrogens (tertiary/aromatic N) is 1. The van der Waals surface area contributed by atoms with Crippen LogP contribution in [0.2, 0.25) is 10.0 Å². The molecule has 1 N–H and O–H groups in total. The molecular formula is C23H22Cl2I2N2O2. The van der Waals surface area contributed by atoms with Gasteiger partial charge >= 0.3 is 0 Å². The lowest BCUT2D eigenvalue weighted by molar-refractivity contribution is -0.123. The topological polar surface area (TPSA) is 50.7 Å². The Balaban J connectivity index is 1.37. The minimum Gasteiger partial charge on any atom is -0.487 e. The first-order valence-corrected chi connectivity index (χ1v) is 13.1. The van der Waals surface area contributed by atoms with E-state index in [2.05, 4.69) is 62.6 Å². The largest absolute Gasteiger partial charge is 0.487 e. The van der Waals surface area contributed by atoms with Crippen LogP contribution < -0.4 is 10.2 Å². The van der Waals surface area contributed by atoms with E-state index in [1.807, 2.05) is 18.2 Å². The molecule has 2 aliphatic rings. The average molecular weight is 683 g/mol. The predicted molar refractivity (Wildman–Crippen MR) is 142 cm³/mol. The van der Waals surface area contributed by atoms with Crippen LogP contribution in [-0.4, -0.2) is 12.1 Å². The normalized spacial score (nSPS) is 24.7. The molecule has 0 aromatic heterocycles. The lowest BCUT2D eigenvalue weighted by Gasteiger charge is -2.15. The van der Waals surface area contributed by atoms with Crippen molar-refractivity contribution in [3.63, 3.8) is 0 Å². The third-order valence-electron chi connectivity index (χ3n) is 6.41. The second kappa shape index (κ2) is 9.73. The molecule has 0 radical (unpaired) electrons. The summed E-state index contributed by atoms with van der Waals surface area (Å²) in [7, 11) is 0. The summed E-state index contributed by atoms with van der Waals surface area (Å²) >= 11 is 16.7. The van der Waals surface area contributed by atoms with Crippen molar-refractivity contribution in [3.05, 3.63) is 58.6 Å². The van der Waals surface area contributed by atoms with Gasteiger partial charge in [-0.3, -0.25) is 4.79 Å². The standard InChI is InChI=1S/C23H22Cl2I2N2O2/c1-23-7-3-2-4-16(23)20(23)22(30)29-28-11-13-8-18(26)21(19(27)9-13)31-12-14-5-6-15(24)10-17(14)25/h5-6,8-11,16,20H,2-4,7,12H2,1H3,(H,29,30)/b28-11-/t16-,20+,23-/m0/s1. The van der Waals surface area contributed by atoms with Gasteiger partial charge in [0.05, 0.1) is 13.4 Å². The maximum Gasteiger partial charge on any atom is 0.244 e. The fraction of sp³-hybridized carbons (Fsp3) is 0.391. The zero-order chi connectivity index (χ0) is 22.2. The highest BCUT2D eigenvalue weighted by molar-refractivity contribution is 14.1. The third-order valence-corrected chi connectivity index (χ3v) is 8.60. The number of benzene rings is 2. The first kappa shape index (κ1) is 23.6. The van der Waals surface area contributed by atoms with Crippen LogP contribution in [0.15, 0.2) is 35.4 Å². The molecule has 2 aromatic carbocycles. The van der Waals surface area contributed by atoms with Gasteiger partial charge in [-0.25, -0.2) is 5.43 Å². The third kappa shape index (κ3) is 5.17. The van der Waals surface area contributed by atoms with Gasteiger partial charge in [0.15, 0.2) is 0 Å². The monoisotopic (exact) mass is 682 g/mol. The van der Waals surface area contributed by atoms with Crippen LogP contribution in [0.4, 0.5) is 0 Å². The van der Waals surface area contributed by atoms with Gasteiger partial charge in [-0.15, -0.1) is 0 Å². The van der Waals surface area contributed by atoms with Crippen molar-refractivity contribution >= 4 is 80.5 Å². The van der Waals surface area contributed by atoms with E-state index < -0.39 is 0 Å². The van der Waals surface area contributed by atoms with E-state index in [1.54, 1.807) is 18.3 Å². The minimum absolute atomic E-state index is 0.0508. The first-order valence-electron chi connectivity index (χ1n) is 10.2. The summed E-state index contributed by atoms with van der Waals surface area (Å²) < 4.78 is 7.94. The minimum atomic E-state index is 0.0508. The number of carbonyl (C=O) groups excluding carboxylic acids is 1. The maximum atomic E-state index is 12.6. The average Bonchev–Trinajstić information content (AvgIpc) is 3.34. The molecule has 0 unspecified atom stereocenters. The van der Waals surface area contributed by atoms with Crippen LogP contribution in [0, 0.1) is 24.4 Å². The summed E-state index contributed by atoms with van der Waals surface area (Å²) in [6.07, 6.45) is 6.48. The molecule has 3 atom stereocenters. The number of halogens is 4. The molecule has 0 heterocycles. The molecule has 8 heteroatoms. The van der Waals surface area contributed by atoms with Crippen molar-refractivity contribution in [2.45, 2.75) is 39.2 Å². The molecule has 0 spiro atoms. The van der Waals surface area contributed by atoms with Gasteiger partial charge in [0.2, 0.25) is 5.91 Å². The van der Waals surface area contributed by atoms with Crippen LogP contribution in [0.3, 0.4) is 0 Å². The molecule has 31 heavy (non-hydrogen) atoms. The van der Waals surface area contributed by atoms with Gasteiger partial charge in [0.1, 0.15) is 12.4 Å². The van der Waals surface area contributed by atoms with E-state index >= 15 is 0 Å². The SMILES string of the molecule is C[C@]12CCCC[C@H]1[C@@H]2C(=O)N/N=C\c1cc(I)c(OCc2ccc(Cl)cc2Cl)c(I)c1. The van der Waals surface area contributed by atoms with Crippen LogP contribution in [0.1, 0.15) is 43.7 Å². The maximum absolute atomic E-state index is 12.6. The fourth-order valence-corrected chi connectivity index (χ4v) is 7.26. The molecule has 2 aromatic rings. The van der Waals surface area contributed by atoms with Gasteiger partial charge in [0.25, 0.3) is 0 Å². The van der Waals surface area contributed by atoms with E-state index in [4.69, 9.17) is 27.9 Å². The highest BCUT2D eigenvalue weighted by Crippen LogP contribution is 2.66. The lowest BCUT2D eigenvalue weighted by Crippen LogP contribution is -2.22. The number of carbonyl (C=O) groups is 1. The summed E-state index contributed by atoms with van der Waals surface area (Å²) in [6.45, 7) is 2.60. The van der Waals surface area contributed by atoms with E-state index in [0.717, 1.165) is 36.9 Å². The second-order valence-corrected chi connectivity index (χ2v) is 11.6. The van der Waals surface area contributed by atoms with E-state index in [9.17, 15) is 4.79 Å². The molecular weight excluding hydrogens is 661 g/mol. The Bertz CT molecular complexity index is 1020. The van der Waals surface area contributed by atoms with Gasteiger partial charge in [-0.2, -0.15) is 5.10 Å². The second-order valence-electron chi connectivity index (χ2n) is 8.41. The zero-order valence-corrected chi connectivity index (χ0v) is 22.8. The van der Waals surface area contributed by atoms with Crippen LogP contribution in [0.25, 0.3) is 0 Å². The highest BCUT2D eigenvalue weighted by atomic mass is 127. The smallest absolute Gasteiger partial charge is 0.244 e. The molecule has 164 valence electrons. The van der Waals surface area contributed by atoms with E-state index in [0.29, 0.717) is 22.6 Å². The molecule has 0 aliphatic heterocycles. The van der Waals surface area contributed by atoms with E-state index in [1.165, 1.54) is 12.8 Å². The molecule has 2 saturated carbocycles. The van der Waals surface area contributed by atoms with Gasteiger partial charge < -0.3 is 4.74 Å². The molecule has 2 aliphatic carbocycles. The number of fused-ring (bicyclic) bond motifs is 1. The number of hydrogen-bond acceptors (Lipinski definition) is 3. The molecule has 4 rings (SSSR count). The van der Waals surface area contributed by atoms with Gasteiger partial charge in [0, 0.05) is 21.5 Å². The van der Waals surface area contributed by atoms with Crippen molar-refractivity contribution in [2.75, 3.05) is 0 Å². The zero-order valence-electron chi connectivity index (χ0n) is 16.9. The van der Waals surface area contributed by atoms with Gasteiger partial charge in [-0.05, 0) is 99.2 Å². The van der Waals surface area contributed by atoms with Crippen LogP contribution in [0.5, 0.6) is 5.75 Å². The molecule has 1 amide bonds. The van der Waals surface area contributed by atoms with Crippen molar-refractivity contribution in [1.82, 2.24) is 5.43 Å². The van der Waals surface area contributed by atoms with Crippen molar-refractivity contribution in [2.24, 2.45) is 22.4 Å². The summed E-state index contributed by atoms with van der Waals surface area (Å²) in [5.41, 5.74) is 4.73. The Morgan fingerprint density at radius 1 is 1.26 bits per heavy atom. The Morgan fingerprint density at radius 2 is 2.00 bits per heavy atom. The highest BCUT2D eigenvalue weighted by Gasteiger charge is 2.64. The number of amides is 1. The first-order chi connectivity index (χ1) is 14.8. The summed E-state index contributed by atoms with van der Waals surface area (Å²) in [5.74, 6) is 1.49. The number of hydrazone groups is 1. The quantitative estimate of drug-likeness (QED) is 0.202. The van der Waals surface area contributed by atoms with Crippen molar-refractivity contribution in [1.29, 1.82) is 0 Å². The number of hydrogen-bond donors (Lipinski definition) is 1. The van der Waals surface area contributed by atoms with Crippen molar-refractivity contribution < 1.29 is 9.53 Å². The Hall–Kier alpha value is -0.580. The Labute approximate surface area is 219 Å². The van der Waals surface area contributed by atoms with Crippen molar-refractivity contribution in [3.8, 4) is 5.75 Å². The summed E-state index contributed by atoms with van der Waals surface area (Å²) in [5, 5.41) is 5.40. The summed E-state index contributed by atoms with van der Waals surface area (Å²) in [6, 6.07) is 9.34. The van der Waals surface area contributed by atoms with Gasteiger partial charge in [-0.1, -0.05) is 49.0 Å². The summed E-state index contributed by atoms with van der Waals surface area (Å²) in [4.78, 5) is 12.6. The predicted octanol–water partition coefficient (Wildman–Crippen LogP) is 7.06. The molecule has 4 nitrogen and oxygen atoms in total. The molecule has 2 fully saturated rings. The molecule has 0 bridgehead atoms. The van der Waals surface area contributed by atoms with Crippen LogP contribution in [-0.2, 0) is 11.4 Å². The number of ether oxygens (including phenoxy) is 1. The Morgan fingerprint density at radius 3 is 2.65 bits per heavy atom. The molecule has 0 saturated heterocycles. The lowest BCUT2D eigenvalue weighted by atomic mass is 9.90. The van der Waals surface area contributed by atoms with Crippen LogP contribution >= 0.6 is 68.4 Å². The van der Waals surface area contributed by atoms with E-state index in [-0.39, 0.29) is 17.2 Å². The fourth-order valence-electron chi connectivity index (χ4n) is 4.67. The number of nitrogens with one attached hydrogen (secondary N) is 1.